The zero-order valence-corrected chi connectivity index (χ0v) is 11.9. The number of carboxylic acids is 1. The van der Waals surface area contributed by atoms with Gasteiger partial charge in [0.05, 0.1) is 5.41 Å². The molecule has 0 aromatic rings. The third-order valence-corrected chi connectivity index (χ3v) is 4.46. The van der Waals surface area contributed by atoms with Crippen LogP contribution in [0.1, 0.15) is 65.2 Å². The summed E-state index contributed by atoms with van der Waals surface area (Å²) in [5, 5.41) is 9.49. The van der Waals surface area contributed by atoms with Crippen LogP contribution in [-0.2, 0) is 9.53 Å². The molecule has 0 aromatic carbocycles. The second kappa shape index (κ2) is 7.78. The highest BCUT2D eigenvalue weighted by Gasteiger charge is 2.41. The Kier molecular flexibility index (Phi) is 6.69. The first-order valence-electron chi connectivity index (χ1n) is 7.45. The first-order chi connectivity index (χ1) is 8.64. The lowest BCUT2D eigenvalue weighted by molar-refractivity contribution is -0.153. The summed E-state index contributed by atoms with van der Waals surface area (Å²) in [6.07, 6.45) is 7.86. The van der Waals surface area contributed by atoms with Crippen LogP contribution in [0, 0.1) is 11.3 Å². The zero-order valence-electron chi connectivity index (χ0n) is 11.9. The number of rotatable bonds is 8. The van der Waals surface area contributed by atoms with Crippen molar-refractivity contribution in [2.75, 3.05) is 13.2 Å². The molecule has 0 bridgehead atoms. The van der Waals surface area contributed by atoms with Gasteiger partial charge in [0, 0.05) is 13.2 Å². The van der Waals surface area contributed by atoms with Gasteiger partial charge in [-0.1, -0.05) is 26.7 Å². The van der Waals surface area contributed by atoms with Crippen molar-refractivity contribution in [1.82, 2.24) is 0 Å². The van der Waals surface area contributed by atoms with Gasteiger partial charge in [-0.2, -0.15) is 0 Å². The minimum absolute atomic E-state index is 0.502. The molecule has 0 unspecified atom stereocenters. The van der Waals surface area contributed by atoms with Crippen molar-refractivity contribution in [3.8, 4) is 0 Å². The van der Waals surface area contributed by atoms with Gasteiger partial charge in [-0.3, -0.25) is 4.79 Å². The van der Waals surface area contributed by atoms with E-state index in [9.17, 15) is 9.90 Å². The van der Waals surface area contributed by atoms with E-state index >= 15 is 0 Å². The molecule has 106 valence electrons. The zero-order chi connectivity index (χ0) is 13.4. The van der Waals surface area contributed by atoms with Crippen molar-refractivity contribution in [2.45, 2.75) is 65.2 Å². The number of hydrogen-bond acceptors (Lipinski definition) is 2. The summed E-state index contributed by atoms with van der Waals surface area (Å²) < 4.78 is 5.54. The molecule has 3 nitrogen and oxygen atoms in total. The minimum atomic E-state index is -0.615. The smallest absolute Gasteiger partial charge is 0.309 e. The lowest BCUT2D eigenvalue weighted by atomic mass is 9.68. The topological polar surface area (TPSA) is 46.5 Å². The normalized spacial score (nSPS) is 28.2. The highest BCUT2D eigenvalue weighted by atomic mass is 16.5. The lowest BCUT2D eigenvalue weighted by Crippen LogP contribution is -2.36. The largest absolute Gasteiger partial charge is 0.481 e. The van der Waals surface area contributed by atoms with Crippen molar-refractivity contribution in [2.24, 2.45) is 11.3 Å². The maximum atomic E-state index is 11.5. The van der Waals surface area contributed by atoms with Gasteiger partial charge in [-0.05, 0) is 44.4 Å². The Bertz CT molecular complexity index is 242. The van der Waals surface area contributed by atoms with Crippen LogP contribution in [0.25, 0.3) is 0 Å². The Morgan fingerprint density at radius 1 is 1.28 bits per heavy atom. The van der Waals surface area contributed by atoms with Crippen molar-refractivity contribution >= 4 is 5.97 Å². The minimum Gasteiger partial charge on any atom is -0.481 e. The molecule has 3 heteroatoms. The van der Waals surface area contributed by atoms with Gasteiger partial charge in [0.25, 0.3) is 0 Å². The molecule has 0 spiro atoms. The molecule has 1 N–H and O–H groups in total. The number of aliphatic carboxylic acids is 1. The van der Waals surface area contributed by atoms with Gasteiger partial charge >= 0.3 is 5.97 Å². The molecule has 0 atom stereocenters. The summed E-state index contributed by atoms with van der Waals surface area (Å²) in [7, 11) is 0. The van der Waals surface area contributed by atoms with Crippen LogP contribution in [0.4, 0.5) is 0 Å². The summed E-state index contributed by atoms with van der Waals surface area (Å²) in [5.74, 6) is 0.120. The van der Waals surface area contributed by atoms with Gasteiger partial charge in [-0.15, -0.1) is 0 Å². The van der Waals surface area contributed by atoms with Crippen LogP contribution in [0.15, 0.2) is 0 Å². The van der Waals surface area contributed by atoms with Crippen LogP contribution in [0.3, 0.4) is 0 Å². The van der Waals surface area contributed by atoms with Crippen LogP contribution < -0.4 is 0 Å². The van der Waals surface area contributed by atoms with E-state index < -0.39 is 11.4 Å². The Morgan fingerprint density at radius 3 is 2.44 bits per heavy atom. The van der Waals surface area contributed by atoms with E-state index in [-0.39, 0.29) is 0 Å². The van der Waals surface area contributed by atoms with Gasteiger partial charge in [0.15, 0.2) is 0 Å². The molecule has 0 aliphatic heterocycles. The van der Waals surface area contributed by atoms with Crippen LogP contribution in [0.5, 0.6) is 0 Å². The molecule has 0 amide bonds. The van der Waals surface area contributed by atoms with Gasteiger partial charge in [-0.25, -0.2) is 0 Å². The molecular formula is C15H28O3. The number of carbonyl (C=O) groups is 1. The average Bonchev–Trinajstić information content (AvgIpc) is 2.39. The molecule has 1 fully saturated rings. The monoisotopic (exact) mass is 256 g/mol. The fourth-order valence-electron chi connectivity index (χ4n) is 2.83. The standard InChI is InChI=1S/C15H28O3/c1-3-5-11-18-12-10-15(14(16)17)8-6-13(4-2)7-9-15/h13H,3-12H2,1-2H3,(H,16,17). The van der Waals surface area contributed by atoms with Gasteiger partial charge < -0.3 is 9.84 Å². The van der Waals surface area contributed by atoms with E-state index in [1.54, 1.807) is 0 Å². The summed E-state index contributed by atoms with van der Waals surface area (Å²) in [4.78, 5) is 11.5. The van der Waals surface area contributed by atoms with Crippen molar-refractivity contribution in [1.29, 1.82) is 0 Å². The first kappa shape index (κ1) is 15.5. The Balaban J connectivity index is 2.37. The quantitative estimate of drug-likeness (QED) is 0.671. The molecule has 1 saturated carbocycles. The van der Waals surface area contributed by atoms with Crippen LogP contribution in [-0.4, -0.2) is 24.3 Å². The molecule has 1 aliphatic rings. The van der Waals surface area contributed by atoms with Gasteiger partial charge in [0.2, 0.25) is 0 Å². The van der Waals surface area contributed by atoms with E-state index in [0.717, 1.165) is 51.0 Å². The second-order valence-electron chi connectivity index (χ2n) is 5.65. The number of unbranched alkanes of at least 4 members (excludes halogenated alkanes) is 1. The SMILES string of the molecule is CCCCOCCC1(C(=O)O)CCC(CC)CC1. The molecule has 1 aliphatic carbocycles. The summed E-state index contributed by atoms with van der Waals surface area (Å²) >= 11 is 0. The van der Waals surface area contributed by atoms with E-state index in [4.69, 9.17) is 4.74 Å². The molecule has 0 aromatic heterocycles. The van der Waals surface area contributed by atoms with Crippen LogP contribution in [0.2, 0.25) is 0 Å². The highest BCUT2D eigenvalue weighted by Crippen LogP contribution is 2.42. The van der Waals surface area contributed by atoms with Crippen molar-refractivity contribution < 1.29 is 14.6 Å². The van der Waals surface area contributed by atoms with Crippen molar-refractivity contribution in [3.05, 3.63) is 0 Å². The fourth-order valence-corrected chi connectivity index (χ4v) is 2.83. The Labute approximate surface area is 111 Å². The van der Waals surface area contributed by atoms with E-state index in [1.165, 1.54) is 6.42 Å². The number of hydrogen-bond donors (Lipinski definition) is 1. The molecular weight excluding hydrogens is 228 g/mol. The summed E-state index contributed by atoms with van der Waals surface area (Å²) in [6, 6.07) is 0. The number of ether oxygens (including phenoxy) is 1. The Morgan fingerprint density at radius 2 is 1.94 bits per heavy atom. The van der Waals surface area contributed by atoms with Gasteiger partial charge in [0.1, 0.15) is 0 Å². The predicted molar refractivity (Wildman–Crippen MR) is 72.7 cm³/mol. The van der Waals surface area contributed by atoms with Crippen molar-refractivity contribution in [3.63, 3.8) is 0 Å². The Hall–Kier alpha value is -0.570. The summed E-state index contributed by atoms with van der Waals surface area (Å²) in [6.45, 7) is 5.70. The first-order valence-corrected chi connectivity index (χ1v) is 7.45. The van der Waals surface area contributed by atoms with Crippen LogP contribution >= 0.6 is 0 Å². The average molecular weight is 256 g/mol. The fraction of sp³-hybridized carbons (Fsp3) is 0.933. The third kappa shape index (κ3) is 4.27. The maximum Gasteiger partial charge on any atom is 0.309 e. The van der Waals surface area contributed by atoms with E-state index in [0.29, 0.717) is 13.0 Å². The molecule has 0 radical (unpaired) electrons. The molecule has 0 heterocycles. The maximum absolute atomic E-state index is 11.5. The predicted octanol–water partition coefficient (Wildman–Crippen LogP) is 3.86. The lowest BCUT2D eigenvalue weighted by Gasteiger charge is -2.36. The highest BCUT2D eigenvalue weighted by molar-refractivity contribution is 5.74. The number of carboxylic acid groups (broad SMARTS) is 1. The third-order valence-electron chi connectivity index (χ3n) is 4.46. The summed E-state index contributed by atoms with van der Waals surface area (Å²) in [5.41, 5.74) is -0.502. The van der Waals surface area contributed by atoms with E-state index in [2.05, 4.69) is 13.8 Å². The molecule has 0 saturated heterocycles. The second-order valence-corrected chi connectivity index (χ2v) is 5.65. The molecule has 18 heavy (non-hydrogen) atoms. The molecule has 1 rings (SSSR count). The van der Waals surface area contributed by atoms with E-state index in [1.807, 2.05) is 0 Å².